The van der Waals surface area contributed by atoms with Gasteiger partial charge in [0.15, 0.2) is 0 Å². The summed E-state index contributed by atoms with van der Waals surface area (Å²) in [6.07, 6.45) is 4.77. The number of halogens is 1. The average molecular weight is 266 g/mol. The first-order valence-corrected chi connectivity index (χ1v) is 6.16. The SMILES string of the molecule is Cc1nc(Cl)c(C)c(NCCc2cnn(C)c2)n1. The number of nitrogens with zero attached hydrogens (tertiary/aromatic N) is 4. The van der Waals surface area contributed by atoms with Crippen LogP contribution < -0.4 is 5.32 Å². The topological polar surface area (TPSA) is 55.6 Å². The van der Waals surface area contributed by atoms with Crippen molar-refractivity contribution in [2.45, 2.75) is 20.3 Å². The molecule has 2 aromatic heterocycles. The van der Waals surface area contributed by atoms with Crippen molar-refractivity contribution < 1.29 is 0 Å². The summed E-state index contributed by atoms with van der Waals surface area (Å²) in [7, 11) is 1.91. The lowest BCUT2D eigenvalue weighted by molar-refractivity contribution is 0.766. The smallest absolute Gasteiger partial charge is 0.137 e. The van der Waals surface area contributed by atoms with Crippen LogP contribution in [0.5, 0.6) is 0 Å². The predicted molar refractivity (Wildman–Crippen MR) is 71.9 cm³/mol. The van der Waals surface area contributed by atoms with Crippen LogP contribution in [-0.4, -0.2) is 26.3 Å². The number of hydrogen-bond donors (Lipinski definition) is 1. The fourth-order valence-electron chi connectivity index (χ4n) is 1.69. The number of aryl methyl sites for hydroxylation is 2. The van der Waals surface area contributed by atoms with Crippen LogP contribution in [0.2, 0.25) is 5.15 Å². The van der Waals surface area contributed by atoms with E-state index in [1.807, 2.05) is 33.3 Å². The van der Waals surface area contributed by atoms with E-state index in [4.69, 9.17) is 11.6 Å². The van der Waals surface area contributed by atoms with E-state index in [1.54, 1.807) is 4.68 Å². The van der Waals surface area contributed by atoms with Gasteiger partial charge in [0.25, 0.3) is 0 Å². The van der Waals surface area contributed by atoms with Gasteiger partial charge in [-0.3, -0.25) is 4.68 Å². The highest BCUT2D eigenvalue weighted by atomic mass is 35.5. The highest BCUT2D eigenvalue weighted by Gasteiger charge is 2.06. The Kier molecular flexibility index (Phi) is 3.81. The molecule has 0 saturated heterocycles. The zero-order valence-electron chi connectivity index (χ0n) is 10.7. The van der Waals surface area contributed by atoms with Crippen molar-refractivity contribution in [2.75, 3.05) is 11.9 Å². The normalized spacial score (nSPS) is 10.7. The molecule has 0 spiro atoms. The maximum atomic E-state index is 6.01. The maximum absolute atomic E-state index is 6.01. The lowest BCUT2D eigenvalue weighted by atomic mass is 10.2. The minimum absolute atomic E-state index is 0.506. The summed E-state index contributed by atoms with van der Waals surface area (Å²) >= 11 is 6.01. The van der Waals surface area contributed by atoms with Gasteiger partial charge in [0.2, 0.25) is 0 Å². The van der Waals surface area contributed by atoms with Gasteiger partial charge in [0.05, 0.1) is 6.20 Å². The third kappa shape index (κ3) is 2.98. The molecule has 0 aromatic carbocycles. The summed E-state index contributed by atoms with van der Waals surface area (Å²) < 4.78 is 1.80. The molecule has 2 rings (SSSR count). The van der Waals surface area contributed by atoms with E-state index in [9.17, 15) is 0 Å². The van der Waals surface area contributed by atoms with Crippen molar-refractivity contribution in [1.82, 2.24) is 19.7 Å². The first kappa shape index (κ1) is 12.8. The first-order chi connectivity index (χ1) is 8.56. The molecule has 0 bridgehead atoms. The van der Waals surface area contributed by atoms with E-state index in [2.05, 4.69) is 20.4 Å². The molecule has 0 unspecified atom stereocenters. The minimum atomic E-state index is 0.506. The molecule has 0 amide bonds. The summed E-state index contributed by atoms with van der Waals surface area (Å²) in [5, 5.41) is 7.92. The number of nitrogens with one attached hydrogen (secondary N) is 1. The third-order valence-electron chi connectivity index (χ3n) is 2.66. The predicted octanol–water partition coefficient (Wildman–Crippen LogP) is 2.13. The van der Waals surface area contributed by atoms with E-state index >= 15 is 0 Å². The molecule has 0 fully saturated rings. The Morgan fingerprint density at radius 2 is 2.11 bits per heavy atom. The van der Waals surface area contributed by atoms with Crippen LogP contribution >= 0.6 is 11.6 Å². The lowest BCUT2D eigenvalue weighted by Gasteiger charge is -2.09. The lowest BCUT2D eigenvalue weighted by Crippen LogP contribution is -2.09. The Hall–Kier alpha value is -1.62. The Labute approximate surface area is 111 Å². The molecule has 0 aliphatic heterocycles. The van der Waals surface area contributed by atoms with Crippen LogP contribution in [0.4, 0.5) is 5.82 Å². The highest BCUT2D eigenvalue weighted by Crippen LogP contribution is 2.19. The van der Waals surface area contributed by atoms with Crippen molar-refractivity contribution in [3.05, 3.63) is 34.5 Å². The Morgan fingerprint density at radius 1 is 1.33 bits per heavy atom. The van der Waals surface area contributed by atoms with Crippen molar-refractivity contribution in [1.29, 1.82) is 0 Å². The van der Waals surface area contributed by atoms with Crippen LogP contribution in [0.3, 0.4) is 0 Å². The number of aromatic nitrogens is 4. The maximum Gasteiger partial charge on any atom is 0.137 e. The molecule has 5 nitrogen and oxygen atoms in total. The standard InChI is InChI=1S/C12H16ClN5/c1-8-11(13)16-9(2)17-12(8)14-5-4-10-6-15-18(3)7-10/h6-7H,4-5H2,1-3H3,(H,14,16,17). The minimum Gasteiger partial charge on any atom is -0.369 e. The van der Waals surface area contributed by atoms with Crippen molar-refractivity contribution >= 4 is 17.4 Å². The second-order valence-electron chi connectivity index (χ2n) is 4.23. The molecule has 1 N–H and O–H groups in total. The molecule has 18 heavy (non-hydrogen) atoms. The second-order valence-corrected chi connectivity index (χ2v) is 4.59. The Morgan fingerprint density at radius 3 is 2.78 bits per heavy atom. The summed E-state index contributed by atoms with van der Waals surface area (Å²) in [5.74, 6) is 1.48. The second kappa shape index (κ2) is 5.35. The van der Waals surface area contributed by atoms with Gasteiger partial charge in [-0.25, -0.2) is 9.97 Å². The van der Waals surface area contributed by atoms with E-state index < -0.39 is 0 Å². The zero-order valence-corrected chi connectivity index (χ0v) is 11.5. The molecule has 6 heteroatoms. The van der Waals surface area contributed by atoms with Gasteiger partial charge in [-0.15, -0.1) is 0 Å². The van der Waals surface area contributed by atoms with Crippen LogP contribution in [0, 0.1) is 13.8 Å². The Bertz CT molecular complexity index is 549. The van der Waals surface area contributed by atoms with E-state index in [1.165, 1.54) is 5.56 Å². The fraction of sp³-hybridized carbons (Fsp3) is 0.417. The van der Waals surface area contributed by atoms with Gasteiger partial charge in [-0.1, -0.05) is 11.6 Å². The van der Waals surface area contributed by atoms with E-state index in [-0.39, 0.29) is 0 Å². The molecule has 2 heterocycles. The van der Waals surface area contributed by atoms with Gasteiger partial charge in [0, 0.05) is 25.4 Å². The summed E-state index contributed by atoms with van der Waals surface area (Å²) in [4.78, 5) is 8.45. The quantitative estimate of drug-likeness (QED) is 0.861. The molecule has 2 aromatic rings. The first-order valence-electron chi connectivity index (χ1n) is 5.78. The van der Waals surface area contributed by atoms with Gasteiger partial charge in [-0.2, -0.15) is 5.10 Å². The largest absolute Gasteiger partial charge is 0.369 e. The van der Waals surface area contributed by atoms with Crippen molar-refractivity contribution in [3.63, 3.8) is 0 Å². The number of rotatable bonds is 4. The molecule has 0 aliphatic rings. The molecule has 96 valence electrons. The highest BCUT2D eigenvalue weighted by molar-refractivity contribution is 6.30. The zero-order chi connectivity index (χ0) is 13.1. The van der Waals surface area contributed by atoms with Gasteiger partial charge >= 0.3 is 0 Å². The summed E-state index contributed by atoms with van der Waals surface area (Å²) in [5.41, 5.74) is 2.08. The van der Waals surface area contributed by atoms with Crippen LogP contribution in [0.15, 0.2) is 12.4 Å². The molecule has 0 radical (unpaired) electrons. The van der Waals surface area contributed by atoms with Gasteiger partial charge in [0.1, 0.15) is 16.8 Å². The number of hydrogen-bond acceptors (Lipinski definition) is 4. The molecule has 0 aliphatic carbocycles. The molecule has 0 atom stereocenters. The molecular weight excluding hydrogens is 250 g/mol. The van der Waals surface area contributed by atoms with Gasteiger partial charge < -0.3 is 5.32 Å². The monoisotopic (exact) mass is 265 g/mol. The van der Waals surface area contributed by atoms with E-state index in [0.717, 1.165) is 24.3 Å². The van der Waals surface area contributed by atoms with Crippen LogP contribution in [0.25, 0.3) is 0 Å². The van der Waals surface area contributed by atoms with Crippen molar-refractivity contribution in [2.24, 2.45) is 7.05 Å². The average Bonchev–Trinajstić information content (AvgIpc) is 2.71. The molecular formula is C12H16ClN5. The fourth-order valence-corrected chi connectivity index (χ4v) is 1.90. The third-order valence-corrected chi connectivity index (χ3v) is 3.03. The Balaban J connectivity index is 1.98. The van der Waals surface area contributed by atoms with Gasteiger partial charge in [-0.05, 0) is 25.8 Å². The van der Waals surface area contributed by atoms with E-state index in [0.29, 0.717) is 11.0 Å². The van der Waals surface area contributed by atoms with Crippen molar-refractivity contribution in [3.8, 4) is 0 Å². The summed E-state index contributed by atoms with van der Waals surface area (Å²) in [6, 6.07) is 0. The molecule has 0 saturated carbocycles. The van der Waals surface area contributed by atoms with Crippen LogP contribution in [0.1, 0.15) is 17.0 Å². The van der Waals surface area contributed by atoms with Crippen LogP contribution in [-0.2, 0) is 13.5 Å². The number of anilines is 1. The summed E-state index contributed by atoms with van der Waals surface area (Å²) in [6.45, 7) is 4.53.